The molecule has 2 rings (SSSR count). The first kappa shape index (κ1) is 11.5. The number of rotatable bonds is 1. The van der Waals surface area contributed by atoms with E-state index in [2.05, 4.69) is 26.1 Å². The summed E-state index contributed by atoms with van der Waals surface area (Å²) >= 11 is 8.62. The van der Waals surface area contributed by atoms with Crippen molar-refractivity contribution in [3.63, 3.8) is 0 Å². The van der Waals surface area contributed by atoms with Crippen LogP contribution >= 0.6 is 27.5 Å². The highest BCUT2D eigenvalue weighted by molar-refractivity contribution is 9.10. The molecule has 0 unspecified atom stereocenters. The maximum Gasteiger partial charge on any atom is 0.229 e. The zero-order valence-electron chi connectivity index (χ0n) is 8.01. The molecule has 1 heterocycles. The van der Waals surface area contributed by atoms with Gasteiger partial charge in [0.2, 0.25) is 5.28 Å². The third-order valence-corrected chi connectivity index (χ3v) is 2.87. The molecule has 0 saturated heterocycles. The van der Waals surface area contributed by atoms with Crippen molar-refractivity contribution >= 4 is 27.5 Å². The molecule has 3 nitrogen and oxygen atoms in total. The van der Waals surface area contributed by atoms with Gasteiger partial charge in [-0.05, 0) is 40.5 Å². The van der Waals surface area contributed by atoms with Gasteiger partial charge in [-0.25, -0.2) is 8.78 Å². The summed E-state index contributed by atoms with van der Waals surface area (Å²) in [7, 11) is 0. The predicted molar refractivity (Wildman–Crippen MR) is 58.7 cm³/mol. The van der Waals surface area contributed by atoms with Gasteiger partial charge in [0.1, 0.15) is 17.5 Å². The Kier molecular flexibility index (Phi) is 2.94. The second-order valence-corrected chi connectivity index (χ2v) is 4.26. The van der Waals surface area contributed by atoms with Crippen LogP contribution in [0.5, 0.6) is 0 Å². The van der Waals surface area contributed by atoms with Crippen LogP contribution in [0, 0.1) is 18.6 Å². The van der Waals surface area contributed by atoms with Crippen LogP contribution in [0.1, 0.15) is 5.82 Å². The Morgan fingerprint density at radius 3 is 2.50 bits per heavy atom. The Hall–Kier alpha value is -1.01. The Morgan fingerprint density at radius 1 is 1.25 bits per heavy atom. The maximum atomic E-state index is 13.6. The fourth-order valence-electron chi connectivity index (χ4n) is 1.29. The van der Waals surface area contributed by atoms with E-state index in [0.717, 1.165) is 12.1 Å². The van der Waals surface area contributed by atoms with Crippen LogP contribution in [-0.2, 0) is 0 Å². The number of aromatic nitrogens is 3. The summed E-state index contributed by atoms with van der Waals surface area (Å²) < 4.78 is 28.2. The largest absolute Gasteiger partial charge is 0.267 e. The van der Waals surface area contributed by atoms with Gasteiger partial charge in [-0.3, -0.25) is 4.57 Å². The summed E-state index contributed by atoms with van der Waals surface area (Å²) in [6.07, 6.45) is 0. The van der Waals surface area contributed by atoms with Crippen molar-refractivity contribution in [2.75, 3.05) is 0 Å². The first-order valence-electron chi connectivity index (χ1n) is 4.23. The van der Waals surface area contributed by atoms with Crippen LogP contribution in [0.25, 0.3) is 5.69 Å². The van der Waals surface area contributed by atoms with Gasteiger partial charge in [-0.15, -0.1) is 10.2 Å². The lowest BCUT2D eigenvalue weighted by Gasteiger charge is -2.07. The van der Waals surface area contributed by atoms with Crippen molar-refractivity contribution < 1.29 is 8.78 Å². The van der Waals surface area contributed by atoms with E-state index < -0.39 is 11.6 Å². The van der Waals surface area contributed by atoms with Crippen LogP contribution in [0.2, 0.25) is 5.28 Å². The summed E-state index contributed by atoms with van der Waals surface area (Å²) in [4.78, 5) is 0. The molecule has 16 heavy (non-hydrogen) atoms. The Bertz CT molecular complexity index is 536. The molecule has 0 aliphatic heterocycles. The topological polar surface area (TPSA) is 30.7 Å². The highest BCUT2D eigenvalue weighted by Crippen LogP contribution is 2.25. The molecule has 0 amide bonds. The summed E-state index contributed by atoms with van der Waals surface area (Å²) in [5.41, 5.74) is -0.0202. The van der Waals surface area contributed by atoms with E-state index >= 15 is 0 Å². The van der Waals surface area contributed by atoms with E-state index in [9.17, 15) is 8.78 Å². The van der Waals surface area contributed by atoms with E-state index in [1.165, 1.54) is 4.57 Å². The summed E-state index contributed by atoms with van der Waals surface area (Å²) in [5, 5.41) is 7.21. The van der Waals surface area contributed by atoms with E-state index in [0.29, 0.717) is 5.82 Å². The van der Waals surface area contributed by atoms with Gasteiger partial charge in [0.05, 0.1) is 10.2 Å². The zero-order valence-corrected chi connectivity index (χ0v) is 10.4. The van der Waals surface area contributed by atoms with Crippen LogP contribution in [-0.4, -0.2) is 14.8 Å². The lowest BCUT2D eigenvalue weighted by Crippen LogP contribution is -2.01. The number of hydrogen-bond acceptors (Lipinski definition) is 2. The number of aryl methyl sites for hydroxylation is 1. The SMILES string of the molecule is Cc1nnc(Cl)n1-c1cc(F)c(Br)cc1F. The molecule has 0 radical (unpaired) electrons. The first-order chi connectivity index (χ1) is 7.50. The molecule has 0 aliphatic rings. The monoisotopic (exact) mass is 307 g/mol. The fraction of sp³-hybridized carbons (Fsp3) is 0.111. The third kappa shape index (κ3) is 1.82. The third-order valence-electron chi connectivity index (χ3n) is 2.02. The molecular weight excluding hydrogens is 303 g/mol. The number of benzene rings is 1. The van der Waals surface area contributed by atoms with Crippen molar-refractivity contribution in [2.24, 2.45) is 0 Å². The molecule has 0 bridgehead atoms. The first-order valence-corrected chi connectivity index (χ1v) is 5.40. The van der Waals surface area contributed by atoms with Gasteiger partial charge in [0, 0.05) is 6.07 Å². The number of halogens is 4. The minimum absolute atomic E-state index is 0.0156. The molecule has 0 fully saturated rings. The fourth-order valence-corrected chi connectivity index (χ4v) is 1.86. The van der Waals surface area contributed by atoms with Crippen molar-refractivity contribution in [3.8, 4) is 5.69 Å². The quantitative estimate of drug-likeness (QED) is 0.757. The molecular formula is C9H5BrClF2N3. The van der Waals surface area contributed by atoms with Crippen LogP contribution in [0.15, 0.2) is 16.6 Å². The van der Waals surface area contributed by atoms with E-state index in [4.69, 9.17) is 11.6 Å². The molecule has 0 atom stereocenters. The molecule has 1 aromatic heterocycles. The zero-order chi connectivity index (χ0) is 11.9. The lowest BCUT2D eigenvalue weighted by atomic mass is 10.3. The molecule has 2 aromatic rings. The molecule has 1 aromatic carbocycles. The molecule has 84 valence electrons. The van der Waals surface area contributed by atoms with Crippen molar-refractivity contribution in [3.05, 3.63) is 39.3 Å². The molecule has 0 N–H and O–H groups in total. The summed E-state index contributed by atoms with van der Waals surface area (Å²) in [6.45, 7) is 1.60. The summed E-state index contributed by atoms with van der Waals surface area (Å²) in [5.74, 6) is -0.815. The van der Waals surface area contributed by atoms with Crippen molar-refractivity contribution in [1.82, 2.24) is 14.8 Å². The van der Waals surface area contributed by atoms with Crippen molar-refractivity contribution in [1.29, 1.82) is 0 Å². The van der Waals surface area contributed by atoms with Gasteiger partial charge in [-0.2, -0.15) is 0 Å². The minimum atomic E-state index is -0.613. The highest BCUT2D eigenvalue weighted by Gasteiger charge is 2.15. The summed E-state index contributed by atoms with van der Waals surface area (Å²) in [6, 6.07) is 2.06. The van der Waals surface area contributed by atoms with E-state index in [-0.39, 0.29) is 15.4 Å². The van der Waals surface area contributed by atoms with Gasteiger partial charge in [-0.1, -0.05) is 0 Å². The second kappa shape index (κ2) is 4.10. The van der Waals surface area contributed by atoms with E-state index in [1.54, 1.807) is 6.92 Å². The molecule has 0 saturated carbocycles. The molecule has 7 heteroatoms. The Morgan fingerprint density at radius 2 is 1.94 bits per heavy atom. The smallest absolute Gasteiger partial charge is 0.229 e. The minimum Gasteiger partial charge on any atom is -0.267 e. The van der Waals surface area contributed by atoms with Gasteiger partial charge < -0.3 is 0 Å². The average molecular weight is 309 g/mol. The predicted octanol–water partition coefficient (Wildman–Crippen LogP) is 3.27. The Labute approximate surface area is 103 Å². The standard InChI is InChI=1S/C9H5BrClF2N3/c1-4-14-15-9(11)16(4)8-3-6(12)5(10)2-7(8)13/h2-3H,1H3. The van der Waals surface area contributed by atoms with Crippen LogP contribution in [0.3, 0.4) is 0 Å². The van der Waals surface area contributed by atoms with Crippen LogP contribution in [0.4, 0.5) is 8.78 Å². The maximum absolute atomic E-state index is 13.6. The second-order valence-electron chi connectivity index (χ2n) is 3.07. The van der Waals surface area contributed by atoms with E-state index in [1.807, 2.05) is 0 Å². The number of hydrogen-bond donors (Lipinski definition) is 0. The van der Waals surface area contributed by atoms with Gasteiger partial charge >= 0.3 is 0 Å². The lowest BCUT2D eigenvalue weighted by molar-refractivity contribution is 0.586. The van der Waals surface area contributed by atoms with Crippen molar-refractivity contribution in [2.45, 2.75) is 6.92 Å². The van der Waals surface area contributed by atoms with Crippen LogP contribution < -0.4 is 0 Å². The normalized spacial score (nSPS) is 10.8. The highest BCUT2D eigenvalue weighted by atomic mass is 79.9. The Balaban J connectivity index is 2.69. The molecule has 0 spiro atoms. The average Bonchev–Trinajstić information content (AvgIpc) is 2.53. The number of nitrogens with zero attached hydrogens (tertiary/aromatic N) is 3. The molecule has 0 aliphatic carbocycles. The van der Waals surface area contributed by atoms with Gasteiger partial charge in [0.25, 0.3) is 0 Å². The van der Waals surface area contributed by atoms with Gasteiger partial charge in [0.15, 0.2) is 0 Å².